The largest absolute Gasteiger partial charge is 0.378 e. The summed E-state index contributed by atoms with van der Waals surface area (Å²) in [6, 6.07) is 7.21. The van der Waals surface area contributed by atoms with E-state index in [2.05, 4.69) is 11.8 Å². The Balaban J connectivity index is 1.80. The molecule has 0 aliphatic carbocycles. The van der Waals surface area contributed by atoms with Crippen LogP contribution in [0.2, 0.25) is 0 Å². The van der Waals surface area contributed by atoms with Crippen LogP contribution >= 0.6 is 0 Å². The molecular formula is C17H25NO4S. The Morgan fingerprint density at radius 3 is 2.65 bits per heavy atom. The van der Waals surface area contributed by atoms with Crippen LogP contribution in [-0.2, 0) is 19.3 Å². The Morgan fingerprint density at radius 1 is 1.30 bits per heavy atom. The number of benzene rings is 1. The molecule has 2 aliphatic heterocycles. The highest BCUT2D eigenvalue weighted by Gasteiger charge is 2.41. The lowest BCUT2D eigenvalue weighted by atomic mass is 9.93. The third kappa shape index (κ3) is 3.54. The fourth-order valence-electron chi connectivity index (χ4n) is 3.50. The van der Waals surface area contributed by atoms with Crippen molar-refractivity contribution in [2.45, 2.75) is 43.3 Å². The average molecular weight is 339 g/mol. The molecule has 1 aromatic rings. The number of anilines is 1. The fraction of sp³-hybridized carbons (Fsp3) is 0.647. The normalized spacial score (nSPS) is 29.0. The highest BCUT2D eigenvalue weighted by atomic mass is 32.2. The monoisotopic (exact) mass is 339 g/mol. The Kier molecular flexibility index (Phi) is 4.67. The first kappa shape index (κ1) is 16.7. The molecule has 2 fully saturated rings. The van der Waals surface area contributed by atoms with Crippen molar-refractivity contribution in [1.29, 1.82) is 0 Å². The number of hydrogen-bond donors (Lipinski definition) is 0. The third-order valence-corrected chi connectivity index (χ3v) is 6.39. The third-order valence-electron chi connectivity index (χ3n) is 4.63. The summed E-state index contributed by atoms with van der Waals surface area (Å²) in [5, 5.41) is 0. The molecule has 3 rings (SSSR count). The molecule has 6 heteroatoms. The minimum absolute atomic E-state index is 0.126. The van der Waals surface area contributed by atoms with Gasteiger partial charge in [0.1, 0.15) is 5.60 Å². The van der Waals surface area contributed by atoms with Crippen molar-refractivity contribution in [3.63, 3.8) is 0 Å². The zero-order valence-corrected chi connectivity index (χ0v) is 14.6. The molecule has 2 heterocycles. The smallest absolute Gasteiger partial charge is 0.178 e. The van der Waals surface area contributed by atoms with E-state index in [4.69, 9.17) is 9.47 Å². The fourth-order valence-corrected chi connectivity index (χ4v) is 4.38. The SMILES string of the molecule is CCS(=O)(=O)c1ccc(N2C[C@@H](C)O[C@@]3(CCCOC3)C2)cc1. The van der Waals surface area contributed by atoms with Crippen LogP contribution in [0.3, 0.4) is 0 Å². The van der Waals surface area contributed by atoms with Crippen LogP contribution in [0.1, 0.15) is 26.7 Å². The quantitative estimate of drug-likeness (QED) is 0.845. The number of hydrogen-bond acceptors (Lipinski definition) is 5. The van der Waals surface area contributed by atoms with Gasteiger partial charge in [0.25, 0.3) is 0 Å². The van der Waals surface area contributed by atoms with Crippen LogP contribution in [0.4, 0.5) is 5.69 Å². The molecule has 2 aliphatic rings. The van der Waals surface area contributed by atoms with E-state index in [1.807, 2.05) is 12.1 Å². The maximum atomic E-state index is 11.9. The lowest BCUT2D eigenvalue weighted by Gasteiger charge is -2.48. The summed E-state index contributed by atoms with van der Waals surface area (Å²) in [6.45, 7) is 6.79. The van der Waals surface area contributed by atoms with Crippen molar-refractivity contribution >= 4 is 15.5 Å². The van der Waals surface area contributed by atoms with E-state index in [-0.39, 0.29) is 17.5 Å². The van der Waals surface area contributed by atoms with E-state index >= 15 is 0 Å². The van der Waals surface area contributed by atoms with E-state index in [1.165, 1.54) is 0 Å². The average Bonchev–Trinajstić information content (AvgIpc) is 2.55. The van der Waals surface area contributed by atoms with E-state index in [9.17, 15) is 8.42 Å². The second kappa shape index (κ2) is 6.42. The van der Waals surface area contributed by atoms with Crippen LogP contribution < -0.4 is 4.90 Å². The molecule has 1 aromatic carbocycles. The molecule has 0 aromatic heterocycles. The second-order valence-corrected chi connectivity index (χ2v) is 8.82. The first-order chi connectivity index (χ1) is 10.9. The van der Waals surface area contributed by atoms with E-state index in [0.717, 1.165) is 38.2 Å². The molecule has 0 radical (unpaired) electrons. The number of nitrogens with zero attached hydrogens (tertiary/aromatic N) is 1. The lowest BCUT2D eigenvalue weighted by molar-refractivity contribution is -0.160. The van der Waals surface area contributed by atoms with Crippen molar-refractivity contribution in [2.24, 2.45) is 0 Å². The molecule has 23 heavy (non-hydrogen) atoms. The minimum Gasteiger partial charge on any atom is -0.378 e. The summed E-state index contributed by atoms with van der Waals surface area (Å²) in [6.07, 6.45) is 2.16. The molecule has 1 spiro atoms. The summed E-state index contributed by atoms with van der Waals surface area (Å²) in [7, 11) is -3.15. The van der Waals surface area contributed by atoms with Gasteiger partial charge in [0.05, 0.1) is 23.4 Å². The maximum absolute atomic E-state index is 11.9. The van der Waals surface area contributed by atoms with Gasteiger partial charge < -0.3 is 14.4 Å². The maximum Gasteiger partial charge on any atom is 0.178 e. The molecule has 0 bridgehead atoms. The summed E-state index contributed by atoms with van der Waals surface area (Å²) in [5.41, 5.74) is 0.810. The lowest BCUT2D eigenvalue weighted by Crippen LogP contribution is -2.58. The molecule has 0 N–H and O–H groups in total. The highest BCUT2D eigenvalue weighted by molar-refractivity contribution is 7.91. The van der Waals surface area contributed by atoms with Gasteiger partial charge in [-0.3, -0.25) is 0 Å². The molecule has 5 nitrogen and oxygen atoms in total. The van der Waals surface area contributed by atoms with Crippen LogP contribution in [0.15, 0.2) is 29.2 Å². The van der Waals surface area contributed by atoms with Gasteiger partial charge in [-0.1, -0.05) is 6.92 Å². The van der Waals surface area contributed by atoms with E-state index < -0.39 is 9.84 Å². The number of ether oxygens (including phenoxy) is 2. The molecule has 0 saturated carbocycles. The number of sulfone groups is 1. The van der Waals surface area contributed by atoms with Gasteiger partial charge in [-0.15, -0.1) is 0 Å². The van der Waals surface area contributed by atoms with Crippen LogP contribution in [0, 0.1) is 0 Å². The van der Waals surface area contributed by atoms with Crippen molar-refractivity contribution in [2.75, 3.05) is 37.0 Å². The molecule has 0 unspecified atom stereocenters. The minimum atomic E-state index is -3.15. The van der Waals surface area contributed by atoms with Crippen molar-refractivity contribution in [3.8, 4) is 0 Å². The molecule has 2 saturated heterocycles. The Bertz CT molecular complexity index is 635. The first-order valence-corrected chi connectivity index (χ1v) is 9.93. The molecule has 2 atom stereocenters. The van der Waals surface area contributed by atoms with Gasteiger partial charge in [-0.2, -0.15) is 0 Å². The van der Waals surface area contributed by atoms with Crippen LogP contribution in [-0.4, -0.2) is 52.2 Å². The van der Waals surface area contributed by atoms with E-state index in [1.54, 1.807) is 19.1 Å². The van der Waals surface area contributed by atoms with Crippen molar-refractivity contribution in [1.82, 2.24) is 0 Å². The van der Waals surface area contributed by atoms with Gasteiger partial charge in [-0.25, -0.2) is 8.42 Å². The summed E-state index contributed by atoms with van der Waals surface area (Å²) in [4.78, 5) is 2.67. The number of morpholine rings is 1. The van der Waals surface area contributed by atoms with Gasteiger partial charge in [0.2, 0.25) is 0 Å². The predicted molar refractivity (Wildman–Crippen MR) is 89.7 cm³/mol. The molecule has 0 amide bonds. The standard InChI is InChI=1S/C17H25NO4S/c1-3-23(19,20)16-7-5-15(6-8-16)18-11-14(2)22-17(12-18)9-4-10-21-13-17/h5-8,14H,3-4,9-13H2,1-2H3/t14-,17+/m1/s1. The van der Waals surface area contributed by atoms with Gasteiger partial charge in [0, 0.05) is 25.4 Å². The van der Waals surface area contributed by atoms with Crippen molar-refractivity contribution < 1.29 is 17.9 Å². The molecule has 128 valence electrons. The zero-order valence-electron chi connectivity index (χ0n) is 13.8. The highest BCUT2D eigenvalue weighted by Crippen LogP contribution is 2.32. The topological polar surface area (TPSA) is 55.8 Å². The van der Waals surface area contributed by atoms with Gasteiger partial charge in [0.15, 0.2) is 9.84 Å². The summed E-state index contributed by atoms with van der Waals surface area (Å²) >= 11 is 0. The van der Waals surface area contributed by atoms with Gasteiger partial charge >= 0.3 is 0 Å². The van der Waals surface area contributed by atoms with E-state index in [0.29, 0.717) is 11.5 Å². The summed E-state index contributed by atoms with van der Waals surface area (Å²) < 4.78 is 35.7. The zero-order chi connectivity index (χ0) is 16.5. The van der Waals surface area contributed by atoms with Crippen molar-refractivity contribution in [3.05, 3.63) is 24.3 Å². The Hall–Kier alpha value is -1.11. The Labute approximate surface area is 138 Å². The van der Waals surface area contributed by atoms with Gasteiger partial charge in [-0.05, 0) is 44.0 Å². The predicted octanol–water partition coefficient (Wildman–Crippen LogP) is 2.25. The van der Waals surface area contributed by atoms with Crippen LogP contribution in [0.5, 0.6) is 0 Å². The Morgan fingerprint density at radius 2 is 2.04 bits per heavy atom. The molecular weight excluding hydrogens is 314 g/mol. The summed E-state index contributed by atoms with van der Waals surface area (Å²) in [5.74, 6) is 0.126. The van der Waals surface area contributed by atoms with Crippen LogP contribution in [0.25, 0.3) is 0 Å². The second-order valence-electron chi connectivity index (χ2n) is 6.55. The first-order valence-electron chi connectivity index (χ1n) is 8.27. The number of rotatable bonds is 3.